The van der Waals surface area contributed by atoms with E-state index >= 15 is 0 Å². The molecule has 4 rings (SSSR count). The van der Waals surface area contributed by atoms with E-state index in [0.29, 0.717) is 10.9 Å². The van der Waals surface area contributed by atoms with Gasteiger partial charge in [0.25, 0.3) is 0 Å². The monoisotopic (exact) mass is 339 g/mol. The van der Waals surface area contributed by atoms with E-state index in [9.17, 15) is 0 Å². The average Bonchev–Trinajstić information content (AvgIpc) is 3.15. The van der Waals surface area contributed by atoms with E-state index in [1.54, 1.807) is 0 Å². The van der Waals surface area contributed by atoms with Crippen molar-refractivity contribution in [2.75, 3.05) is 0 Å². The van der Waals surface area contributed by atoms with Gasteiger partial charge in [-0.1, -0.05) is 36.9 Å². The van der Waals surface area contributed by atoms with Crippen molar-refractivity contribution in [2.24, 2.45) is 0 Å². The Labute approximate surface area is 143 Å². The summed E-state index contributed by atoms with van der Waals surface area (Å²) in [6, 6.07) is 8.26. The summed E-state index contributed by atoms with van der Waals surface area (Å²) in [6.07, 6.45) is 2.50. The van der Waals surface area contributed by atoms with Crippen LogP contribution in [0.25, 0.3) is 22.1 Å². The molecule has 4 aromatic rings. The zero-order chi connectivity index (χ0) is 16.5. The molecule has 0 aliphatic carbocycles. The molecule has 0 aliphatic rings. The van der Waals surface area contributed by atoms with Crippen LogP contribution in [0.1, 0.15) is 24.8 Å². The van der Waals surface area contributed by atoms with Gasteiger partial charge in [-0.05, 0) is 19.4 Å². The number of fused-ring (bicyclic) bond motifs is 3. The average molecular weight is 339 g/mol. The second-order valence-electron chi connectivity index (χ2n) is 5.58. The van der Waals surface area contributed by atoms with Gasteiger partial charge in [0.05, 0.1) is 11.2 Å². The number of aromatic nitrogens is 5. The summed E-state index contributed by atoms with van der Waals surface area (Å²) in [4.78, 5) is 8.96. The normalized spacial score (nSPS) is 11.6. The maximum atomic E-state index is 5.23. The van der Waals surface area contributed by atoms with Crippen LogP contribution >= 0.6 is 11.8 Å². The van der Waals surface area contributed by atoms with E-state index in [0.717, 1.165) is 46.5 Å². The largest absolute Gasteiger partial charge is 0.448 e. The van der Waals surface area contributed by atoms with Crippen molar-refractivity contribution in [3.05, 3.63) is 42.1 Å². The van der Waals surface area contributed by atoms with Crippen LogP contribution < -0.4 is 0 Å². The minimum absolute atomic E-state index is 0.657. The third-order valence-corrected chi connectivity index (χ3v) is 4.83. The van der Waals surface area contributed by atoms with E-state index < -0.39 is 0 Å². The third-order valence-electron chi connectivity index (χ3n) is 3.98. The number of para-hydroxylation sites is 1. The Hall–Kier alpha value is -2.41. The SMILES string of the molecule is CCCn1c2ccccc2c2nnc(SCc3ncoc3C)nc21. The zero-order valence-corrected chi connectivity index (χ0v) is 14.4. The molecule has 6 nitrogen and oxygen atoms in total. The molecule has 3 aromatic heterocycles. The minimum atomic E-state index is 0.657. The molecule has 24 heavy (non-hydrogen) atoms. The van der Waals surface area contributed by atoms with Gasteiger partial charge >= 0.3 is 0 Å². The van der Waals surface area contributed by atoms with Crippen molar-refractivity contribution in [1.82, 2.24) is 24.7 Å². The van der Waals surface area contributed by atoms with E-state index in [1.165, 1.54) is 18.2 Å². The van der Waals surface area contributed by atoms with Crippen LogP contribution in [0.2, 0.25) is 0 Å². The van der Waals surface area contributed by atoms with Crippen molar-refractivity contribution < 1.29 is 4.42 Å². The number of nitrogens with zero attached hydrogens (tertiary/aromatic N) is 5. The molecule has 3 heterocycles. The molecule has 0 radical (unpaired) electrons. The summed E-state index contributed by atoms with van der Waals surface area (Å²) < 4.78 is 7.46. The Kier molecular flexibility index (Phi) is 3.93. The number of hydrogen-bond acceptors (Lipinski definition) is 6. The summed E-state index contributed by atoms with van der Waals surface area (Å²) in [6.45, 7) is 4.98. The Balaban J connectivity index is 1.75. The fraction of sp³-hybridized carbons (Fsp3) is 0.294. The topological polar surface area (TPSA) is 69.6 Å². The van der Waals surface area contributed by atoms with Gasteiger partial charge in [-0.15, -0.1) is 10.2 Å². The molecule has 0 unspecified atom stereocenters. The lowest BCUT2D eigenvalue weighted by Gasteiger charge is -2.04. The first-order valence-corrected chi connectivity index (χ1v) is 8.90. The smallest absolute Gasteiger partial charge is 0.211 e. The minimum Gasteiger partial charge on any atom is -0.448 e. The van der Waals surface area contributed by atoms with Crippen LogP contribution in [0.3, 0.4) is 0 Å². The first-order valence-electron chi connectivity index (χ1n) is 7.91. The maximum Gasteiger partial charge on any atom is 0.211 e. The lowest BCUT2D eigenvalue weighted by atomic mass is 10.2. The Morgan fingerprint density at radius 3 is 2.88 bits per heavy atom. The molecule has 0 N–H and O–H groups in total. The Morgan fingerprint density at radius 1 is 1.21 bits per heavy atom. The molecule has 0 spiro atoms. The van der Waals surface area contributed by atoms with Gasteiger partial charge in [0.15, 0.2) is 12.0 Å². The quantitative estimate of drug-likeness (QED) is 0.512. The maximum absolute atomic E-state index is 5.23. The molecule has 7 heteroatoms. The molecular formula is C17H17N5OS. The molecule has 122 valence electrons. The van der Waals surface area contributed by atoms with Crippen molar-refractivity contribution in [1.29, 1.82) is 0 Å². The Bertz CT molecular complexity index is 1010. The van der Waals surface area contributed by atoms with Gasteiger partial charge in [-0.3, -0.25) is 0 Å². The summed E-state index contributed by atoms with van der Waals surface area (Å²) >= 11 is 1.52. The second kappa shape index (κ2) is 6.24. The lowest BCUT2D eigenvalue weighted by molar-refractivity contribution is 0.525. The number of rotatable bonds is 5. The molecule has 0 amide bonds. The zero-order valence-electron chi connectivity index (χ0n) is 13.6. The highest BCUT2D eigenvalue weighted by atomic mass is 32.2. The van der Waals surface area contributed by atoms with Crippen LogP contribution in [-0.4, -0.2) is 24.7 Å². The highest BCUT2D eigenvalue weighted by Crippen LogP contribution is 2.28. The highest BCUT2D eigenvalue weighted by molar-refractivity contribution is 7.98. The van der Waals surface area contributed by atoms with E-state index in [4.69, 9.17) is 9.40 Å². The van der Waals surface area contributed by atoms with E-state index in [2.05, 4.69) is 38.8 Å². The molecular weight excluding hydrogens is 322 g/mol. The molecule has 0 saturated heterocycles. The van der Waals surface area contributed by atoms with E-state index in [1.807, 2.05) is 19.1 Å². The van der Waals surface area contributed by atoms with Gasteiger partial charge in [-0.2, -0.15) is 0 Å². The Morgan fingerprint density at radius 2 is 2.08 bits per heavy atom. The van der Waals surface area contributed by atoms with Crippen LogP contribution in [0.15, 0.2) is 40.2 Å². The first kappa shape index (κ1) is 15.1. The van der Waals surface area contributed by atoms with Gasteiger partial charge in [-0.25, -0.2) is 9.97 Å². The van der Waals surface area contributed by atoms with Gasteiger partial charge < -0.3 is 8.98 Å². The van der Waals surface area contributed by atoms with Gasteiger partial charge in [0.1, 0.15) is 11.3 Å². The molecule has 1 aromatic carbocycles. The standard InChI is InChI=1S/C17H17N5OS/c1-3-8-22-14-7-5-4-6-12(14)15-16(22)19-17(21-20-15)24-9-13-11(2)23-10-18-13/h4-7,10H,3,8-9H2,1-2H3. The highest BCUT2D eigenvalue weighted by Gasteiger charge is 2.14. The predicted molar refractivity (Wildman–Crippen MR) is 93.9 cm³/mol. The van der Waals surface area contributed by atoms with Gasteiger partial charge in [0, 0.05) is 17.7 Å². The van der Waals surface area contributed by atoms with Crippen LogP contribution in [-0.2, 0) is 12.3 Å². The first-order chi connectivity index (χ1) is 11.8. The van der Waals surface area contributed by atoms with Crippen LogP contribution in [0.4, 0.5) is 0 Å². The second-order valence-corrected chi connectivity index (χ2v) is 6.52. The van der Waals surface area contributed by atoms with Crippen molar-refractivity contribution in [3.8, 4) is 0 Å². The summed E-state index contributed by atoms with van der Waals surface area (Å²) in [5, 5.41) is 10.5. The lowest BCUT2D eigenvalue weighted by Crippen LogP contribution is -2.00. The predicted octanol–water partition coefficient (Wildman–Crippen LogP) is 3.98. The number of oxazole rings is 1. The molecule has 0 bridgehead atoms. The fourth-order valence-electron chi connectivity index (χ4n) is 2.80. The van der Waals surface area contributed by atoms with Crippen LogP contribution in [0.5, 0.6) is 0 Å². The number of hydrogen-bond donors (Lipinski definition) is 0. The number of thioether (sulfide) groups is 1. The number of aryl methyl sites for hydroxylation is 2. The van der Waals surface area contributed by atoms with Crippen molar-refractivity contribution >= 4 is 33.8 Å². The summed E-state index contributed by atoms with van der Waals surface area (Å²) in [7, 11) is 0. The van der Waals surface area contributed by atoms with Crippen molar-refractivity contribution in [2.45, 2.75) is 37.7 Å². The third kappa shape index (κ3) is 2.54. The van der Waals surface area contributed by atoms with Crippen molar-refractivity contribution in [3.63, 3.8) is 0 Å². The fourth-order valence-corrected chi connectivity index (χ4v) is 3.59. The molecule has 0 atom stereocenters. The molecule has 0 fully saturated rings. The van der Waals surface area contributed by atoms with Crippen LogP contribution in [0, 0.1) is 6.92 Å². The molecule has 0 saturated carbocycles. The summed E-state index contributed by atoms with van der Waals surface area (Å²) in [5.41, 5.74) is 3.83. The van der Waals surface area contributed by atoms with E-state index in [-0.39, 0.29) is 0 Å². The number of benzene rings is 1. The summed E-state index contributed by atoms with van der Waals surface area (Å²) in [5.74, 6) is 1.50. The molecule has 0 aliphatic heterocycles. The van der Waals surface area contributed by atoms with Gasteiger partial charge in [0.2, 0.25) is 5.16 Å².